The van der Waals surface area contributed by atoms with Gasteiger partial charge in [0, 0.05) is 38.2 Å². The number of aryl methyl sites for hydroxylation is 1. The number of ether oxygens (including phenoxy) is 2. The molecule has 0 N–H and O–H groups in total. The van der Waals surface area contributed by atoms with Crippen molar-refractivity contribution in [3.63, 3.8) is 0 Å². The van der Waals surface area contributed by atoms with Crippen molar-refractivity contribution in [1.29, 1.82) is 0 Å². The van der Waals surface area contributed by atoms with E-state index in [1.807, 2.05) is 0 Å². The van der Waals surface area contributed by atoms with Crippen molar-refractivity contribution >= 4 is 5.91 Å². The summed E-state index contributed by atoms with van der Waals surface area (Å²) in [6, 6.07) is 7.02. The molecule has 27 heavy (non-hydrogen) atoms. The highest BCUT2D eigenvalue weighted by molar-refractivity contribution is 5.97. The topological polar surface area (TPSA) is 64.5 Å². The summed E-state index contributed by atoms with van der Waals surface area (Å²) in [5.41, 5.74) is -0.111. The zero-order chi connectivity index (χ0) is 19.4. The van der Waals surface area contributed by atoms with Crippen LogP contribution in [0.3, 0.4) is 0 Å². The summed E-state index contributed by atoms with van der Waals surface area (Å²) < 4.78 is 47.4. The van der Waals surface area contributed by atoms with Crippen molar-refractivity contribution in [2.24, 2.45) is 0 Å². The van der Waals surface area contributed by atoms with Crippen LogP contribution in [0.25, 0.3) is 0 Å². The van der Waals surface area contributed by atoms with Gasteiger partial charge in [0.15, 0.2) is 0 Å². The van der Waals surface area contributed by atoms with E-state index in [9.17, 15) is 18.0 Å². The van der Waals surface area contributed by atoms with E-state index < -0.39 is 18.0 Å². The number of likely N-dealkylation sites (tertiary alicyclic amines) is 1. The van der Waals surface area contributed by atoms with E-state index in [2.05, 4.69) is 14.7 Å². The second kappa shape index (κ2) is 7.81. The first-order valence-corrected chi connectivity index (χ1v) is 8.42. The van der Waals surface area contributed by atoms with E-state index in [1.165, 1.54) is 23.1 Å². The van der Waals surface area contributed by atoms with Crippen molar-refractivity contribution < 1.29 is 27.4 Å². The Kier molecular flexibility index (Phi) is 5.48. The number of hydrogen-bond donors (Lipinski definition) is 0. The summed E-state index contributed by atoms with van der Waals surface area (Å²) in [4.78, 5) is 22.3. The predicted octanol–water partition coefficient (Wildman–Crippen LogP) is 3.37. The first kappa shape index (κ1) is 18.9. The Hall–Kier alpha value is -2.84. The Morgan fingerprint density at radius 2 is 1.89 bits per heavy atom. The third kappa shape index (κ3) is 5.08. The third-order valence-electron chi connectivity index (χ3n) is 4.11. The summed E-state index contributed by atoms with van der Waals surface area (Å²) in [6.45, 7) is 2.50. The monoisotopic (exact) mass is 381 g/mol. The molecular formula is C18H18F3N3O3. The molecule has 1 amide bonds. The van der Waals surface area contributed by atoms with Gasteiger partial charge in [-0.15, -0.1) is 13.2 Å². The van der Waals surface area contributed by atoms with Gasteiger partial charge < -0.3 is 14.4 Å². The Labute approximate surface area is 153 Å². The van der Waals surface area contributed by atoms with Crippen LogP contribution in [-0.2, 0) is 0 Å². The van der Waals surface area contributed by atoms with Crippen LogP contribution in [0.4, 0.5) is 13.2 Å². The number of nitrogens with zero attached hydrogens (tertiary/aromatic N) is 3. The Morgan fingerprint density at radius 1 is 1.19 bits per heavy atom. The molecule has 144 valence electrons. The van der Waals surface area contributed by atoms with Crippen LogP contribution in [-0.4, -0.2) is 46.3 Å². The summed E-state index contributed by atoms with van der Waals surface area (Å²) >= 11 is 0. The second-order valence-electron chi connectivity index (χ2n) is 6.10. The molecule has 3 rings (SSSR count). The van der Waals surface area contributed by atoms with Gasteiger partial charge in [-0.2, -0.15) is 4.98 Å². The van der Waals surface area contributed by atoms with E-state index in [-0.39, 0.29) is 11.7 Å². The van der Waals surface area contributed by atoms with E-state index >= 15 is 0 Å². The minimum atomic E-state index is -4.85. The van der Waals surface area contributed by atoms with Crippen LogP contribution in [0.2, 0.25) is 0 Å². The Balaban J connectivity index is 1.62. The lowest BCUT2D eigenvalue weighted by Crippen LogP contribution is -2.42. The van der Waals surface area contributed by atoms with Crippen molar-refractivity contribution in [3.8, 4) is 11.6 Å². The number of amides is 1. The lowest BCUT2D eigenvalue weighted by Gasteiger charge is -2.32. The Morgan fingerprint density at radius 3 is 2.56 bits per heavy atom. The molecular weight excluding hydrogens is 363 g/mol. The molecule has 1 aromatic heterocycles. The van der Waals surface area contributed by atoms with Crippen LogP contribution in [0, 0.1) is 6.92 Å². The highest BCUT2D eigenvalue weighted by Crippen LogP contribution is 2.28. The van der Waals surface area contributed by atoms with Crippen LogP contribution < -0.4 is 9.47 Å². The second-order valence-corrected chi connectivity index (χ2v) is 6.10. The molecule has 0 spiro atoms. The number of rotatable bonds is 4. The average molecular weight is 381 g/mol. The van der Waals surface area contributed by atoms with Crippen LogP contribution in [0.15, 0.2) is 36.5 Å². The molecule has 0 atom stereocenters. The zero-order valence-corrected chi connectivity index (χ0v) is 14.6. The van der Waals surface area contributed by atoms with Crippen molar-refractivity contribution in [1.82, 2.24) is 14.9 Å². The molecule has 2 heterocycles. The van der Waals surface area contributed by atoms with Crippen molar-refractivity contribution in [2.75, 3.05) is 13.1 Å². The van der Waals surface area contributed by atoms with Gasteiger partial charge in [0.1, 0.15) is 17.7 Å². The normalized spacial score (nSPS) is 15.5. The van der Waals surface area contributed by atoms with Crippen LogP contribution in [0.1, 0.15) is 29.0 Å². The number of hydrogen-bond acceptors (Lipinski definition) is 5. The van der Waals surface area contributed by atoms with Crippen molar-refractivity contribution in [2.45, 2.75) is 32.2 Å². The highest BCUT2D eigenvalue weighted by atomic mass is 19.4. The van der Waals surface area contributed by atoms with Gasteiger partial charge in [0.05, 0.1) is 5.56 Å². The minimum Gasteiger partial charge on any atom is -0.474 e. The fraction of sp³-hybridized carbons (Fsp3) is 0.389. The zero-order valence-electron chi connectivity index (χ0n) is 14.6. The standard InChI is InChI=1S/C18H18F3N3O3/c1-12-22-9-6-16(23-12)26-13-7-10-24(11-8-13)17(25)14-4-2-3-5-15(14)27-18(19,20)21/h2-6,9,13H,7-8,10-11H2,1H3. The molecule has 6 nitrogen and oxygen atoms in total. The molecule has 0 radical (unpaired) electrons. The smallest absolute Gasteiger partial charge is 0.474 e. The first-order chi connectivity index (χ1) is 12.8. The molecule has 1 aliphatic heterocycles. The van der Waals surface area contributed by atoms with Gasteiger partial charge in [-0.1, -0.05) is 12.1 Å². The molecule has 1 aliphatic rings. The minimum absolute atomic E-state index is 0.111. The molecule has 0 saturated carbocycles. The maximum absolute atomic E-state index is 12.6. The number of alkyl halides is 3. The number of halogens is 3. The van der Waals surface area contributed by atoms with E-state index in [4.69, 9.17) is 4.74 Å². The van der Waals surface area contributed by atoms with Gasteiger partial charge >= 0.3 is 6.36 Å². The summed E-state index contributed by atoms with van der Waals surface area (Å²) in [6.07, 6.45) is -2.26. The Bertz CT molecular complexity index is 806. The first-order valence-electron chi connectivity index (χ1n) is 8.42. The molecule has 0 aliphatic carbocycles. The molecule has 0 unspecified atom stereocenters. The van der Waals surface area contributed by atoms with E-state index in [1.54, 1.807) is 19.2 Å². The number of benzene rings is 1. The molecule has 9 heteroatoms. The summed E-state index contributed by atoms with van der Waals surface area (Å²) in [7, 11) is 0. The number of para-hydroxylation sites is 1. The van der Waals surface area contributed by atoms with Gasteiger partial charge in [0.2, 0.25) is 5.88 Å². The largest absolute Gasteiger partial charge is 0.573 e. The summed E-state index contributed by atoms with van der Waals surface area (Å²) in [5, 5.41) is 0. The van der Waals surface area contributed by atoms with E-state index in [0.717, 1.165) is 6.07 Å². The van der Waals surface area contributed by atoms with Crippen molar-refractivity contribution in [3.05, 3.63) is 47.9 Å². The number of aromatic nitrogens is 2. The fourth-order valence-corrected chi connectivity index (χ4v) is 2.87. The quantitative estimate of drug-likeness (QED) is 0.813. The molecule has 1 saturated heterocycles. The number of piperidine rings is 1. The molecule has 1 fully saturated rings. The SMILES string of the molecule is Cc1nccc(OC2CCN(C(=O)c3ccccc3OC(F)(F)F)CC2)n1. The van der Waals surface area contributed by atoms with Gasteiger partial charge in [-0.25, -0.2) is 4.98 Å². The number of carbonyl (C=O) groups excluding carboxylic acids is 1. The maximum atomic E-state index is 12.6. The highest BCUT2D eigenvalue weighted by Gasteiger charge is 2.34. The van der Waals surface area contributed by atoms with E-state index in [0.29, 0.717) is 37.6 Å². The van der Waals surface area contributed by atoms with Gasteiger partial charge in [0.25, 0.3) is 5.91 Å². The lowest BCUT2D eigenvalue weighted by atomic mass is 10.1. The maximum Gasteiger partial charge on any atom is 0.573 e. The number of carbonyl (C=O) groups is 1. The predicted molar refractivity (Wildman–Crippen MR) is 89.4 cm³/mol. The van der Waals surface area contributed by atoms with Crippen LogP contribution >= 0.6 is 0 Å². The van der Waals surface area contributed by atoms with Gasteiger partial charge in [-0.3, -0.25) is 4.79 Å². The average Bonchev–Trinajstić information content (AvgIpc) is 2.61. The van der Waals surface area contributed by atoms with Crippen LogP contribution in [0.5, 0.6) is 11.6 Å². The lowest BCUT2D eigenvalue weighted by molar-refractivity contribution is -0.274. The summed E-state index contributed by atoms with van der Waals surface area (Å²) in [5.74, 6) is 0.0774. The third-order valence-corrected chi connectivity index (χ3v) is 4.11. The molecule has 0 bridgehead atoms. The molecule has 2 aromatic rings. The fourth-order valence-electron chi connectivity index (χ4n) is 2.87. The molecule has 1 aromatic carbocycles. The van der Waals surface area contributed by atoms with Gasteiger partial charge in [-0.05, 0) is 19.1 Å².